The molecule has 1 aliphatic rings. The van der Waals surface area contributed by atoms with Crippen LogP contribution in [-0.4, -0.2) is 39.6 Å². The van der Waals surface area contributed by atoms with Gasteiger partial charge in [-0.05, 0) is 32.5 Å². The molecule has 1 atom stereocenters. The van der Waals surface area contributed by atoms with Crippen molar-refractivity contribution in [3.63, 3.8) is 0 Å². The molecule has 1 aromatic rings. The molecule has 0 radical (unpaired) electrons. The second-order valence-electron chi connectivity index (χ2n) is 5.87. The fraction of sp³-hybridized carbons (Fsp3) is 0.812. The van der Waals surface area contributed by atoms with E-state index in [0.717, 1.165) is 19.6 Å². The standard InChI is InChI=1S/C16H30N4/c1-5-17-14(15-18-12-13-19(15)4)16(10-8-9-11-16)20(6-2)7-3/h12-14,17H,5-11H2,1-4H3. The van der Waals surface area contributed by atoms with E-state index in [2.05, 4.69) is 53.8 Å². The lowest BCUT2D eigenvalue weighted by atomic mass is 9.85. The van der Waals surface area contributed by atoms with Crippen molar-refractivity contribution < 1.29 is 0 Å². The molecule has 1 aromatic heterocycles. The molecule has 1 saturated carbocycles. The van der Waals surface area contributed by atoms with Crippen molar-refractivity contribution in [2.45, 2.75) is 58.0 Å². The van der Waals surface area contributed by atoms with Crippen LogP contribution < -0.4 is 5.32 Å². The van der Waals surface area contributed by atoms with E-state index in [0.29, 0.717) is 6.04 Å². The van der Waals surface area contributed by atoms with Gasteiger partial charge in [-0.1, -0.05) is 33.6 Å². The zero-order chi connectivity index (χ0) is 14.6. The van der Waals surface area contributed by atoms with E-state index in [9.17, 15) is 0 Å². The number of nitrogens with zero attached hydrogens (tertiary/aromatic N) is 3. The molecule has 0 aromatic carbocycles. The third kappa shape index (κ3) is 2.63. The predicted octanol–water partition coefficient (Wildman–Crippen LogP) is 2.73. The van der Waals surface area contributed by atoms with E-state index in [1.165, 1.54) is 31.5 Å². The van der Waals surface area contributed by atoms with Gasteiger partial charge in [0.25, 0.3) is 0 Å². The summed E-state index contributed by atoms with van der Waals surface area (Å²) in [5, 5.41) is 3.73. The van der Waals surface area contributed by atoms with Crippen LogP contribution in [0.3, 0.4) is 0 Å². The average molecular weight is 278 g/mol. The van der Waals surface area contributed by atoms with E-state index in [1.54, 1.807) is 0 Å². The highest BCUT2D eigenvalue weighted by atomic mass is 15.2. The molecule has 0 aliphatic heterocycles. The summed E-state index contributed by atoms with van der Waals surface area (Å²) in [6.45, 7) is 9.98. The Morgan fingerprint density at radius 1 is 1.30 bits per heavy atom. The maximum Gasteiger partial charge on any atom is 0.127 e. The normalized spacial score (nSPS) is 19.6. The van der Waals surface area contributed by atoms with Gasteiger partial charge in [-0.15, -0.1) is 0 Å². The van der Waals surface area contributed by atoms with Gasteiger partial charge in [-0.2, -0.15) is 0 Å². The summed E-state index contributed by atoms with van der Waals surface area (Å²) in [5.74, 6) is 1.18. The lowest BCUT2D eigenvalue weighted by molar-refractivity contribution is 0.0590. The number of likely N-dealkylation sites (N-methyl/N-ethyl adjacent to an activating group) is 2. The summed E-state index contributed by atoms with van der Waals surface area (Å²) in [7, 11) is 2.11. The topological polar surface area (TPSA) is 33.1 Å². The smallest absolute Gasteiger partial charge is 0.127 e. The summed E-state index contributed by atoms with van der Waals surface area (Å²) in [6.07, 6.45) is 9.21. The van der Waals surface area contributed by atoms with Crippen LogP contribution in [0, 0.1) is 0 Å². The van der Waals surface area contributed by atoms with Crippen LogP contribution in [0.1, 0.15) is 58.3 Å². The molecule has 0 saturated heterocycles. The Kier molecular flexibility index (Phi) is 5.22. The molecule has 1 N–H and O–H groups in total. The molecule has 0 amide bonds. The van der Waals surface area contributed by atoms with Gasteiger partial charge in [0.1, 0.15) is 5.82 Å². The van der Waals surface area contributed by atoms with E-state index in [4.69, 9.17) is 0 Å². The molecule has 0 spiro atoms. The van der Waals surface area contributed by atoms with Crippen molar-refractivity contribution in [3.05, 3.63) is 18.2 Å². The molecule has 1 unspecified atom stereocenters. The van der Waals surface area contributed by atoms with E-state index in [1.807, 2.05) is 6.20 Å². The number of aryl methyl sites for hydroxylation is 1. The van der Waals surface area contributed by atoms with Gasteiger partial charge >= 0.3 is 0 Å². The zero-order valence-corrected chi connectivity index (χ0v) is 13.5. The first kappa shape index (κ1) is 15.5. The largest absolute Gasteiger partial charge is 0.337 e. The molecule has 114 valence electrons. The van der Waals surface area contributed by atoms with Crippen LogP contribution >= 0.6 is 0 Å². The van der Waals surface area contributed by atoms with Crippen molar-refractivity contribution in [2.75, 3.05) is 19.6 Å². The molecule has 4 heteroatoms. The molecule has 0 bridgehead atoms. The highest BCUT2D eigenvalue weighted by molar-refractivity contribution is 5.13. The summed E-state index contributed by atoms with van der Waals surface area (Å²) >= 11 is 0. The van der Waals surface area contributed by atoms with Gasteiger partial charge in [0, 0.05) is 25.0 Å². The Morgan fingerprint density at radius 2 is 1.95 bits per heavy atom. The quantitative estimate of drug-likeness (QED) is 0.832. The molecule has 1 fully saturated rings. The van der Waals surface area contributed by atoms with Crippen LogP contribution in [0.15, 0.2) is 12.4 Å². The fourth-order valence-corrected chi connectivity index (χ4v) is 4.01. The first-order valence-corrected chi connectivity index (χ1v) is 8.15. The number of rotatable bonds is 7. The molecule has 20 heavy (non-hydrogen) atoms. The second kappa shape index (κ2) is 6.72. The molecule has 4 nitrogen and oxygen atoms in total. The number of nitrogens with one attached hydrogen (secondary N) is 1. The van der Waals surface area contributed by atoms with Crippen LogP contribution in [0.5, 0.6) is 0 Å². The number of hydrogen-bond donors (Lipinski definition) is 1. The fourth-order valence-electron chi connectivity index (χ4n) is 4.01. The highest BCUT2D eigenvalue weighted by Gasteiger charge is 2.46. The van der Waals surface area contributed by atoms with Crippen molar-refractivity contribution in [1.82, 2.24) is 19.8 Å². The number of hydrogen-bond acceptors (Lipinski definition) is 3. The minimum atomic E-state index is 0.235. The van der Waals surface area contributed by atoms with Crippen LogP contribution in [0.25, 0.3) is 0 Å². The molecule has 2 rings (SSSR count). The maximum absolute atomic E-state index is 4.65. The van der Waals surface area contributed by atoms with Crippen LogP contribution in [-0.2, 0) is 7.05 Å². The predicted molar refractivity (Wildman–Crippen MR) is 83.7 cm³/mol. The lowest BCUT2D eigenvalue weighted by Gasteiger charge is -2.46. The zero-order valence-electron chi connectivity index (χ0n) is 13.5. The summed E-state index contributed by atoms with van der Waals surface area (Å²) in [5.41, 5.74) is 0.235. The molecule has 1 heterocycles. The van der Waals surface area contributed by atoms with Crippen LogP contribution in [0.2, 0.25) is 0 Å². The SMILES string of the molecule is CCNC(c1nccn1C)C1(N(CC)CC)CCCC1. The van der Waals surface area contributed by atoms with Gasteiger partial charge in [-0.25, -0.2) is 4.98 Å². The highest BCUT2D eigenvalue weighted by Crippen LogP contribution is 2.44. The summed E-state index contributed by atoms with van der Waals surface area (Å²) < 4.78 is 2.18. The van der Waals surface area contributed by atoms with Crippen molar-refractivity contribution >= 4 is 0 Å². The Hall–Kier alpha value is -0.870. The Balaban J connectivity index is 2.40. The maximum atomic E-state index is 4.65. The number of imidazole rings is 1. The number of aromatic nitrogens is 2. The Labute approximate surface area is 123 Å². The first-order valence-electron chi connectivity index (χ1n) is 8.15. The molecule has 1 aliphatic carbocycles. The second-order valence-corrected chi connectivity index (χ2v) is 5.87. The Morgan fingerprint density at radius 3 is 2.40 bits per heavy atom. The van der Waals surface area contributed by atoms with Gasteiger partial charge in [0.15, 0.2) is 0 Å². The van der Waals surface area contributed by atoms with Gasteiger partial charge in [0.2, 0.25) is 0 Å². The lowest BCUT2D eigenvalue weighted by Crippen LogP contribution is -2.55. The summed E-state index contributed by atoms with van der Waals surface area (Å²) in [4.78, 5) is 7.30. The van der Waals surface area contributed by atoms with Gasteiger partial charge in [-0.3, -0.25) is 4.90 Å². The van der Waals surface area contributed by atoms with Crippen molar-refractivity contribution in [3.8, 4) is 0 Å². The average Bonchev–Trinajstić information content (AvgIpc) is 3.08. The summed E-state index contributed by atoms with van der Waals surface area (Å²) in [6, 6.07) is 0.329. The Bertz CT molecular complexity index is 402. The van der Waals surface area contributed by atoms with E-state index in [-0.39, 0.29) is 5.54 Å². The van der Waals surface area contributed by atoms with Crippen molar-refractivity contribution in [1.29, 1.82) is 0 Å². The monoisotopic (exact) mass is 278 g/mol. The van der Waals surface area contributed by atoms with E-state index < -0.39 is 0 Å². The molecular weight excluding hydrogens is 248 g/mol. The first-order chi connectivity index (χ1) is 9.69. The third-order valence-electron chi connectivity index (χ3n) is 4.92. The minimum absolute atomic E-state index is 0.235. The van der Waals surface area contributed by atoms with Gasteiger partial charge < -0.3 is 9.88 Å². The minimum Gasteiger partial charge on any atom is -0.337 e. The van der Waals surface area contributed by atoms with Crippen LogP contribution in [0.4, 0.5) is 0 Å². The molecular formula is C16H30N4. The van der Waals surface area contributed by atoms with E-state index >= 15 is 0 Å². The van der Waals surface area contributed by atoms with Crippen molar-refractivity contribution in [2.24, 2.45) is 7.05 Å². The third-order valence-corrected chi connectivity index (χ3v) is 4.92. The van der Waals surface area contributed by atoms with Gasteiger partial charge in [0.05, 0.1) is 6.04 Å².